The van der Waals surface area contributed by atoms with Gasteiger partial charge in [-0.05, 0) is 31.5 Å². The van der Waals surface area contributed by atoms with E-state index < -0.39 is 11.9 Å². The van der Waals surface area contributed by atoms with Crippen LogP contribution in [0.5, 0.6) is 5.75 Å². The molecule has 150 valence electrons. The Morgan fingerprint density at radius 1 is 1.11 bits per heavy atom. The van der Waals surface area contributed by atoms with Gasteiger partial charge in [-0.15, -0.1) is 0 Å². The van der Waals surface area contributed by atoms with E-state index >= 15 is 0 Å². The number of carbonyl (C=O) groups excluding carboxylic acids is 1. The van der Waals surface area contributed by atoms with Crippen molar-refractivity contribution in [2.75, 3.05) is 37.7 Å². The Hall–Kier alpha value is -2.84. The summed E-state index contributed by atoms with van der Waals surface area (Å²) < 4.78 is 44.4. The lowest BCUT2D eigenvalue weighted by Crippen LogP contribution is -2.50. The molecule has 0 saturated carbocycles. The Kier molecular flexibility index (Phi) is 5.71. The zero-order valence-electron chi connectivity index (χ0n) is 15.7. The lowest BCUT2D eigenvalue weighted by Gasteiger charge is -2.35. The molecule has 0 N–H and O–H groups in total. The van der Waals surface area contributed by atoms with Gasteiger partial charge in [-0.1, -0.05) is 12.1 Å². The second-order valence-corrected chi connectivity index (χ2v) is 6.63. The van der Waals surface area contributed by atoms with Crippen molar-refractivity contribution in [3.05, 3.63) is 47.4 Å². The zero-order chi connectivity index (χ0) is 20.3. The maximum Gasteiger partial charge on any atom is 0.433 e. The summed E-state index contributed by atoms with van der Waals surface area (Å²) in [6.07, 6.45) is -4.52. The van der Waals surface area contributed by atoms with E-state index in [4.69, 9.17) is 4.74 Å². The van der Waals surface area contributed by atoms with E-state index in [1.165, 1.54) is 6.92 Å². The van der Waals surface area contributed by atoms with Gasteiger partial charge in [0.05, 0.1) is 0 Å². The van der Waals surface area contributed by atoms with Gasteiger partial charge in [0.25, 0.3) is 5.91 Å². The molecule has 6 nitrogen and oxygen atoms in total. The third-order valence-electron chi connectivity index (χ3n) is 4.42. The van der Waals surface area contributed by atoms with Crippen LogP contribution in [0.1, 0.15) is 17.1 Å². The third kappa shape index (κ3) is 4.90. The number of halogens is 3. The molecule has 0 aliphatic carbocycles. The van der Waals surface area contributed by atoms with E-state index in [2.05, 4.69) is 9.97 Å². The molecule has 0 unspecified atom stereocenters. The maximum atomic E-state index is 13.0. The van der Waals surface area contributed by atoms with Gasteiger partial charge in [0, 0.05) is 32.2 Å². The molecule has 28 heavy (non-hydrogen) atoms. The van der Waals surface area contributed by atoms with Crippen LogP contribution >= 0.6 is 0 Å². The molecule has 0 spiro atoms. The average molecular weight is 394 g/mol. The molecule has 1 amide bonds. The number of anilines is 1. The number of aryl methyl sites for hydroxylation is 2. The topological polar surface area (TPSA) is 58.6 Å². The molecule has 2 aromatic rings. The van der Waals surface area contributed by atoms with Crippen molar-refractivity contribution in [3.63, 3.8) is 0 Å². The van der Waals surface area contributed by atoms with Crippen LogP contribution in [-0.2, 0) is 11.0 Å². The highest BCUT2D eigenvalue weighted by Gasteiger charge is 2.34. The number of ether oxygens (including phenoxy) is 1. The summed E-state index contributed by atoms with van der Waals surface area (Å²) in [4.78, 5) is 23.3. The molecule has 2 heterocycles. The first-order chi connectivity index (χ1) is 13.2. The Morgan fingerprint density at radius 2 is 1.82 bits per heavy atom. The van der Waals surface area contributed by atoms with Gasteiger partial charge >= 0.3 is 6.18 Å². The highest BCUT2D eigenvalue weighted by atomic mass is 19.4. The molecule has 1 aromatic heterocycles. The van der Waals surface area contributed by atoms with E-state index in [9.17, 15) is 18.0 Å². The SMILES string of the molecule is Cc1cccc(OCC(=O)N2CCN(c3cc(C(F)(F)F)nc(C)n3)CC2)c1. The van der Waals surface area contributed by atoms with Gasteiger partial charge in [0.2, 0.25) is 0 Å². The first kappa shape index (κ1) is 19.9. The van der Waals surface area contributed by atoms with E-state index in [0.717, 1.165) is 11.6 Å². The number of aromatic nitrogens is 2. The second-order valence-electron chi connectivity index (χ2n) is 6.63. The average Bonchev–Trinajstić information content (AvgIpc) is 2.65. The summed E-state index contributed by atoms with van der Waals surface area (Å²) in [6, 6.07) is 8.37. The van der Waals surface area contributed by atoms with E-state index in [-0.39, 0.29) is 24.2 Å². The lowest BCUT2D eigenvalue weighted by molar-refractivity contribution is -0.141. The fourth-order valence-corrected chi connectivity index (χ4v) is 2.99. The number of benzene rings is 1. The van der Waals surface area contributed by atoms with Crippen LogP contribution in [0, 0.1) is 13.8 Å². The summed E-state index contributed by atoms with van der Waals surface area (Å²) >= 11 is 0. The normalized spacial score (nSPS) is 14.9. The second kappa shape index (κ2) is 8.04. The number of nitrogens with zero attached hydrogens (tertiary/aromatic N) is 4. The van der Waals surface area contributed by atoms with E-state index in [1.807, 2.05) is 25.1 Å². The monoisotopic (exact) mass is 394 g/mol. The predicted molar refractivity (Wildman–Crippen MR) is 97.2 cm³/mol. The molecule has 9 heteroatoms. The Balaban J connectivity index is 1.57. The maximum absolute atomic E-state index is 13.0. The smallest absolute Gasteiger partial charge is 0.433 e. The number of carbonyl (C=O) groups is 1. The minimum Gasteiger partial charge on any atom is -0.484 e. The van der Waals surface area contributed by atoms with Gasteiger partial charge in [-0.25, -0.2) is 9.97 Å². The molecular formula is C19H21F3N4O2. The molecular weight excluding hydrogens is 373 g/mol. The lowest BCUT2D eigenvalue weighted by atomic mass is 10.2. The highest BCUT2D eigenvalue weighted by molar-refractivity contribution is 5.78. The fraction of sp³-hybridized carbons (Fsp3) is 0.421. The first-order valence-corrected chi connectivity index (χ1v) is 8.87. The van der Waals surface area contributed by atoms with E-state index in [1.54, 1.807) is 15.9 Å². The van der Waals surface area contributed by atoms with Crippen molar-refractivity contribution in [3.8, 4) is 5.75 Å². The fourth-order valence-electron chi connectivity index (χ4n) is 2.99. The molecule has 1 aromatic carbocycles. The van der Waals surface area contributed by atoms with Crippen molar-refractivity contribution in [1.82, 2.24) is 14.9 Å². The summed E-state index contributed by atoms with van der Waals surface area (Å²) in [5.74, 6) is 0.761. The molecule has 1 aliphatic heterocycles. The van der Waals surface area contributed by atoms with Gasteiger partial charge in [0.15, 0.2) is 6.61 Å². The predicted octanol–water partition coefficient (Wildman–Crippen LogP) is 2.84. The van der Waals surface area contributed by atoms with Gasteiger partial charge in [-0.3, -0.25) is 4.79 Å². The van der Waals surface area contributed by atoms with Gasteiger partial charge < -0.3 is 14.5 Å². The van der Waals surface area contributed by atoms with Crippen molar-refractivity contribution in [2.24, 2.45) is 0 Å². The molecule has 1 fully saturated rings. The minimum absolute atomic E-state index is 0.0647. The molecule has 1 saturated heterocycles. The number of piperazine rings is 1. The van der Waals surface area contributed by atoms with Crippen molar-refractivity contribution >= 4 is 11.7 Å². The first-order valence-electron chi connectivity index (χ1n) is 8.87. The van der Waals surface area contributed by atoms with Crippen LogP contribution in [0.25, 0.3) is 0 Å². The van der Waals surface area contributed by atoms with Crippen molar-refractivity contribution < 1.29 is 22.7 Å². The Bertz CT molecular complexity index is 849. The van der Waals surface area contributed by atoms with Crippen LogP contribution < -0.4 is 9.64 Å². The molecule has 3 rings (SSSR count). The van der Waals surface area contributed by atoms with Crippen LogP contribution in [0.15, 0.2) is 30.3 Å². The van der Waals surface area contributed by atoms with Gasteiger partial charge in [-0.2, -0.15) is 13.2 Å². The van der Waals surface area contributed by atoms with Crippen LogP contribution in [0.4, 0.5) is 19.0 Å². The minimum atomic E-state index is -4.52. The number of amides is 1. The largest absolute Gasteiger partial charge is 0.484 e. The zero-order valence-corrected chi connectivity index (χ0v) is 15.7. The van der Waals surface area contributed by atoms with Gasteiger partial charge in [0.1, 0.15) is 23.1 Å². The standard InChI is InChI=1S/C19H21F3N4O2/c1-13-4-3-5-15(10-13)28-12-18(27)26-8-6-25(7-9-26)17-11-16(19(20,21)22)23-14(2)24-17/h3-5,10-11H,6-9,12H2,1-2H3. The van der Waals surface area contributed by atoms with Crippen LogP contribution in [0.2, 0.25) is 0 Å². The van der Waals surface area contributed by atoms with Crippen molar-refractivity contribution in [2.45, 2.75) is 20.0 Å². The summed E-state index contributed by atoms with van der Waals surface area (Å²) in [5, 5.41) is 0. The highest BCUT2D eigenvalue weighted by Crippen LogP contribution is 2.29. The van der Waals surface area contributed by atoms with Crippen LogP contribution in [-0.4, -0.2) is 53.6 Å². The number of hydrogen-bond donors (Lipinski definition) is 0. The van der Waals surface area contributed by atoms with Crippen LogP contribution in [0.3, 0.4) is 0 Å². The molecule has 0 radical (unpaired) electrons. The van der Waals surface area contributed by atoms with E-state index in [0.29, 0.717) is 31.9 Å². The molecule has 0 atom stereocenters. The number of hydrogen-bond acceptors (Lipinski definition) is 5. The number of rotatable bonds is 4. The Morgan fingerprint density at radius 3 is 2.46 bits per heavy atom. The molecule has 0 bridgehead atoms. The third-order valence-corrected chi connectivity index (χ3v) is 4.42. The molecule has 1 aliphatic rings. The summed E-state index contributed by atoms with van der Waals surface area (Å²) in [5.41, 5.74) is 0.0806. The number of alkyl halides is 3. The Labute approximate surface area is 160 Å². The summed E-state index contributed by atoms with van der Waals surface area (Å²) in [6.45, 7) is 4.86. The summed E-state index contributed by atoms with van der Waals surface area (Å²) in [7, 11) is 0. The quantitative estimate of drug-likeness (QED) is 0.798. The van der Waals surface area contributed by atoms with Crippen molar-refractivity contribution in [1.29, 1.82) is 0 Å².